The first kappa shape index (κ1) is 16.6. The van der Waals surface area contributed by atoms with Crippen molar-refractivity contribution in [2.75, 3.05) is 6.54 Å². The molecule has 0 aliphatic carbocycles. The molecule has 1 rings (SSSR count). The SMILES string of the molecule is CC(C)(N)CNS(=O)(=O)c1cncc(Cl)c1.Cl. The lowest BCUT2D eigenvalue weighted by Gasteiger charge is -2.18. The van der Waals surface area contributed by atoms with Crippen LogP contribution in [0.1, 0.15) is 13.8 Å². The van der Waals surface area contributed by atoms with Crippen molar-refractivity contribution in [2.45, 2.75) is 24.3 Å². The molecule has 0 saturated carbocycles. The topological polar surface area (TPSA) is 85.1 Å². The van der Waals surface area contributed by atoms with Gasteiger partial charge in [-0.2, -0.15) is 0 Å². The average Bonchev–Trinajstić information content (AvgIpc) is 2.14. The summed E-state index contributed by atoms with van der Waals surface area (Å²) in [5, 5.41) is 0.273. The monoisotopic (exact) mass is 299 g/mol. The molecule has 8 heteroatoms. The Bertz CT molecular complexity index is 471. The zero-order valence-electron chi connectivity index (χ0n) is 9.47. The van der Waals surface area contributed by atoms with Gasteiger partial charge in [0.15, 0.2) is 0 Å². The Labute approximate surface area is 112 Å². The standard InChI is InChI=1S/C9H14ClN3O2S.ClH/c1-9(2,11)6-13-16(14,15)8-3-7(10)4-12-5-8;/h3-5,13H,6,11H2,1-2H3;1H. The molecular weight excluding hydrogens is 285 g/mol. The third kappa shape index (κ3) is 5.65. The van der Waals surface area contributed by atoms with Crippen LogP contribution >= 0.6 is 24.0 Å². The minimum atomic E-state index is -3.59. The molecule has 0 aliphatic heterocycles. The molecule has 1 aromatic heterocycles. The second kappa shape index (κ2) is 5.97. The second-order valence-electron chi connectivity index (χ2n) is 4.15. The summed E-state index contributed by atoms with van der Waals surface area (Å²) in [4.78, 5) is 3.74. The first-order valence-electron chi connectivity index (χ1n) is 4.60. The number of nitrogens with zero attached hydrogens (tertiary/aromatic N) is 1. The van der Waals surface area contributed by atoms with Crippen LogP contribution in [0.25, 0.3) is 0 Å². The number of pyridine rings is 1. The van der Waals surface area contributed by atoms with E-state index in [1.54, 1.807) is 13.8 Å². The van der Waals surface area contributed by atoms with Crippen LogP contribution in [0, 0.1) is 0 Å². The molecular formula is C9H15Cl2N3O2S. The van der Waals surface area contributed by atoms with Gasteiger partial charge in [-0.25, -0.2) is 13.1 Å². The molecule has 1 heterocycles. The third-order valence-corrected chi connectivity index (χ3v) is 3.28. The maximum absolute atomic E-state index is 11.8. The molecule has 0 radical (unpaired) electrons. The van der Waals surface area contributed by atoms with Gasteiger partial charge in [-0.05, 0) is 19.9 Å². The lowest BCUT2D eigenvalue weighted by molar-refractivity contribution is 0.498. The Kier molecular flexibility index (Phi) is 5.83. The van der Waals surface area contributed by atoms with Crippen molar-refractivity contribution in [3.63, 3.8) is 0 Å². The van der Waals surface area contributed by atoms with Crippen LogP contribution in [-0.2, 0) is 10.0 Å². The molecule has 98 valence electrons. The molecule has 0 saturated heterocycles. The molecule has 0 atom stereocenters. The number of halogens is 2. The van der Waals surface area contributed by atoms with Crippen LogP contribution < -0.4 is 10.5 Å². The maximum atomic E-state index is 11.8. The van der Waals surface area contributed by atoms with Crippen molar-refractivity contribution in [3.8, 4) is 0 Å². The summed E-state index contributed by atoms with van der Waals surface area (Å²) in [6.07, 6.45) is 2.60. The Morgan fingerprint density at radius 2 is 2.06 bits per heavy atom. The zero-order valence-corrected chi connectivity index (χ0v) is 11.9. The third-order valence-electron chi connectivity index (χ3n) is 1.71. The van der Waals surface area contributed by atoms with Gasteiger partial charge in [-0.15, -0.1) is 12.4 Å². The highest BCUT2D eigenvalue weighted by Crippen LogP contribution is 2.13. The quantitative estimate of drug-likeness (QED) is 0.874. The summed E-state index contributed by atoms with van der Waals surface area (Å²) >= 11 is 5.66. The first-order chi connectivity index (χ1) is 7.21. The summed E-state index contributed by atoms with van der Waals surface area (Å²) in [6.45, 7) is 3.60. The highest BCUT2D eigenvalue weighted by atomic mass is 35.5. The number of sulfonamides is 1. The van der Waals surface area contributed by atoms with E-state index < -0.39 is 15.6 Å². The molecule has 0 aromatic carbocycles. The van der Waals surface area contributed by atoms with E-state index in [-0.39, 0.29) is 28.9 Å². The average molecular weight is 300 g/mol. The Morgan fingerprint density at radius 1 is 1.47 bits per heavy atom. The van der Waals surface area contributed by atoms with Crippen LogP contribution in [0.4, 0.5) is 0 Å². The van der Waals surface area contributed by atoms with E-state index in [1.807, 2.05) is 0 Å². The normalized spacial score (nSPS) is 12.0. The Morgan fingerprint density at radius 3 is 2.53 bits per heavy atom. The first-order valence-corrected chi connectivity index (χ1v) is 6.46. The number of nitrogens with two attached hydrogens (primary N) is 1. The van der Waals surface area contributed by atoms with Crippen molar-refractivity contribution in [1.82, 2.24) is 9.71 Å². The van der Waals surface area contributed by atoms with Gasteiger partial charge in [0.05, 0.1) is 5.02 Å². The predicted molar refractivity (Wildman–Crippen MR) is 69.9 cm³/mol. The molecule has 0 spiro atoms. The van der Waals surface area contributed by atoms with Crippen LogP contribution in [0.2, 0.25) is 5.02 Å². The number of hydrogen-bond donors (Lipinski definition) is 2. The molecule has 0 amide bonds. The van der Waals surface area contributed by atoms with Crippen molar-refractivity contribution < 1.29 is 8.42 Å². The van der Waals surface area contributed by atoms with Gasteiger partial charge in [0.1, 0.15) is 4.90 Å². The molecule has 0 bridgehead atoms. The molecule has 17 heavy (non-hydrogen) atoms. The van der Waals surface area contributed by atoms with E-state index >= 15 is 0 Å². The summed E-state index contributed by atoms with van der Waals surface area (Å²) in [6, 6.07) is 1.33. The van der Waals surface area contributed by atoms with Gasteiger partial charge in [0, 0.05) is 24.5 Å². The summed E-state index contributed by atoms with van der Waals surface area (Å²) in [7, 11) is -3.59. The molecule has 1 aromatic rings. The molecule has 5 nitrogen and oxygen atoms in total. The van der Waals surface area contributed by atoms with Crippen LogP contribution in [0.5, 0.6) is 0 Å². The number of nitrogens with one attached hydrogen (secondary N) is 1. The van der Waals surface area contributed by atoms with Crippen molar-refractivity contribution in [1.29, 1.82) is 0 Å². The van der Waals surface area contributed by atoms with Gasteiger partial charge in [0.25, 0.3) is 0 Å². The van der Waals surface area contributed by atoms with E-state index in [9.17, 15) is 8.42 Å². The van der Waals surface area contributed by atoms with Gasteiger partial charge in [-0.3, -0.25) is 4.98 Å². The summed E-state index contributed by atoms with van der Waals surface area (Å²) in [5.41, 5.74) is 5.07. The van der Waals surface area contributed by atoms with Gasteiger partial charge in [-0.1, -0.05) is 11.6 Å². The fraction of sp³-hybridized carbons (Fsp3) is 0.444. The van der Waals surface area contributed by atoms with Gasteiger partial charge in [0.2, 0.25) is 10.0 Å². The highest BCUT2D eigenvalue weighted by Gasteiger charge is 2.19. The smallest absolute Gasteiger partial charge is 0.242 e. The van der Waals surface area contributed by atoms with Crippen LogP contribution in [0.3, 0.4) is 0 Å². The number of aromatic nitrogens is 1. The van der Waals surface area contributed by atoms with E-state index in [0.29, 0.717) is 0 Å². The maximum Gasteiger partial charge on any atom is 0.242 e. The summed E-state index contributed by atoms with van der Waals surface area (Å²) < 4.78 is 25.9. The number of rotatable bonds is 4. The summed E-state index contributed by atoms with van der Waals surface area (Å²) in [5.74, 6) is 0. The second-order valence-corrected chi connectivity index (χ2v) is 6.36. The Balaban J connectivity index is 0.00000256. The highest BCUT2D eigenvalue weighted by molar-refractivity contribution is 7.89. The minimum Gasteiger partial charge on any atom is -0.324 e. The fourth-order valence-corrected chi connectivity index (χ4v) is 2.35. The van der Waals surface area contributed by atoms with E-state index in [2.05, 4.69) is 9.71 Å². The minimum absolute atomic E-state index is 0. The lowest BCUT2D eigenvalue weighted by Crippen LogP contribution is -2.45. The molecule has 0 unspecified atom stereocenters. The van der Waals surface area contributed by atoms with Gasteiger partial charge < -0.3 is 5.73 Å². The lowest BCUT2D eigenvalue weighted by atomic mass is 10.1. The van der Waals surface area contributed by atoms with Crippen LogP contribution in [0.15, 0.2) is 23.4 Å². The van der Waals surface area contributed by atoms with Crippen molar-refractivity contribution in [3.05, 3.63) is 23.5 Å². The van der Waals surface area contributed by atoms with E-state index in [4.69, 9.17) is 17.3 Å². The van der Waals surface area contributed by atoms with E-state index in [0.717, 1.165) is 0 Å². The van der Waals surface area contributed by atoms with Crippen molar-refractivity contribution in [2.24, 2.45) is 5.73 Å². The molecule has 0 fully saturated rings. The zero-order chi connectivity index (χ0) is 12.4. The largest absolute Gasteiger partial charge is 0.324 e. The fourth-order valence-electron chi connectivity index (χ4n) is 0.904. The van der Waals surface area contributed by atoms with Crippen LogP contribution in [-0.4, -0.2) is 25.5 Å². The predicted octanol–water partition coefficient (Wildman–Crippen LogP) is 1.17. The van der Waals surface area contributed by atoms with Gasteiger partial charge >= 0.3 is 0 Å². The van der Waals surface area contributed by atoms with E-state index in [1.165, 1.54) is 18.5 Å². The number of hydrogen-bond acceptors (Lipinski definition) is 4. The molecule has 3 N–H and O–H groups in total. The molecule has 0 aliphatic rings. The van der Waals surface area contributed by atoms with Crippen molar-refractivity contribution >= 4 is 34.0 Å². The Hall–Kier alpha value is -0.400.